The van der Waals surface area contributed by atoms with Gasteiger partial charge in [0.2, 0.25) is 15.9 Å². The number of benzene rings is 1. The Kier molecular flexibility index (Phi) is 5.41. The van der Waals surface area contributed by atoms with Crippen LogP contribution < -0.4 is 5.69 Å². The van der Waals surface area contributed by atoms with Gasteiger partial charge in [0.25, 0.3) is 0 Å². The summed E-state index contributed by atoms with van der Waals surface area (Å²) in [4.78, 5) is 24.8. The van der Waals surface area contributed by atoms with Crippen LogP contribution in [0.15, 0.2) is 29.1 Å². The van der Waals surface area contributed by atoms with Crippen LogP contribution >= 0.6 is 0 Å². The maximum Gasteiger partial charge on any atom is 0.349 e. The number of para-hydroxylation sites is 2. The number of fused-ring (bicyclic) bond motifs is 1. The van der Waals surface area contributed by atoms with Crippen molar-refractivity contribution in [2.24, 2.45) is 0 Å². The highest BCUT2D eigenvalue weighted by atomic mass is 32.2. The van der Waals surface area contributed by atoms with Gasteiger partial charge in [-0.1, -0.05) is 44.7 Å². The quantitative estimate of drug-likeness (QED) is 0.727. The number of imidazole rings is 1. The molecule has 2 aromatic rings. The molecule has 0 atom stereocenters. The molecule has 7 heteroatoms. The van der Waals surface area contributed by atoms with Gasteiger partial charge < -0.3 is 0 Å². The molecule has 0 fully saturated rings. The van der Waals surface area contributed by atoms with E-state index in [1.807, 2.05) is 0 Å². The van der Waals surface area contributed by atoms with Crippen LogP contribution in [0.5, 0.6) is 0 Å². The first-order valence-corrected chi connectivity index (χ1v) is 9.69. The van der Waals surface area contributed by atoms with Crippen LogP contribution in [0.4, 0.5) is 0 Å². The molecule has 0 unspecified atom stereocenters. The molecule has 0 aliphatic rings. The maximum atomic E-state index is 12.4. The molecule has 0 amide bonds. The average Bonchev–Trinajstić information content (AvgIpc) is 2.78. The fourth-order valence-corrected chi connectivity index (χ4v) is 3.55. The Bertz CT molecular complexity index is 862. The fourth-order valence-electron chi connectivity index (χ4n) is 2.68. The number of carbonyl (C=O) groups is 1. The van der Waals surface area contributed by atoms with E-state index >= 15 is 0 Å². The molecule has 0 spiro atoms. The zero-order valence-corrected chi connectivity index (χ0v) is 14.3. The SMILES string of the molecule is CCCCCCCC(=O)n1c(=O)n(S(C)(=O)=O)c2ccccc21. The van der Waals surface area contributed by atoms with Crippen LogP contribution in [-0.2, 0) is 10.0 Å². The van der Waals surface area contributed by atoms with Crippen molar-refractivity contribution in [3.8, 4) is 0 Å². The van der Waals surface area contributed by atoms with Gasteiger partial charge in [0, 0.05) is 6.42 Å². The van der Waals surface area contributed by atoms with Crippen molar-refractivity contribution in [3.05, 3.63) is 34.7 Å². The Morgan fingerprint density at radius 1 is 1.04 bits per heavy atom. The molecule has 0 N–H and O–H groups in total. The number of unbranched alkanes of at least 4 members (excludes halogenated alkanes) is 4. The lowest BCUT2D eigenvalue weighted by molar-refractivity contribution is 0.0900. The lowest BCUT2D eigenvalue weighted by atomic mass is 10.1. The van der Waals surface area contributed by atoms with E-state index < -0.39 is 15.7 Å². The molecular formula is C16H22N2O4S. The van der Waals surface area contributed by atoms with E-state index in [0.717, 1.165) is 36.5 Å². The fraction of sp³-hybridized carbons (Fsp3) is 0.500. The summed E-state index contributed by atoms with van der Waals surface area (Å²) >= 11 is 0. The van der Waals surface area contributed by atoms with E-state index in [1.54, 1.807) is 18.2 Å². The predicted octanol–water partition coefficient (Wildman–Crippen LogP) is 2.61. The third kappa shape index (κ3) is 3.72. The number of hydrogen-bond donors (Lipinski definition) is 0. The highest BCUT2D eigenvalue weighted by Gasteiger charge is 2.22. The smallest absolute Gasteiger partial charge is 0.274 e. The first-order chi connectivity index (χ1) is 10.9. The lowest BCUT2D eigenvalue weighted by Gasteiger charge is -2.02. The summed E-state index contributed by atoms with van der Waals surface area (Å²) < 4.78 is 25.4. The zero-order chi connectivity index (χ0) is 17.0. The molecule has 6 nitrogen and oxygen atoms in total. The number of hydrogen-bond acceptors (Lipinski definition) is 4. The number of carbonyl (C=O) groups excluding carboxylic acids is 1. The topological polar surface area (TPSA) is 78.1 Å². The molecular weight excluding hydrogens is 316 g/mol. The molecule has 126 valence electrons. The molecule has 0 radical (unpaired) electrons. The second-order valence-electron chi connectivity index (χ2n) is 5.69. The van der Waals surface area contributed by atoms with Crippen LogP contribution in [0.1, 0.15) is 50.2 Å². The summed E-state index contributed by atoms with van der Waals surface area (Å²) in [6, 6.07) is 6.44. The van der Waals surface area contributed by atoms with Gasteiger partial charge in [-0.3, -0.25) is 4.79 Å². The summed E-state index contributed by atoms with van der Waals surface area (Å²) in [5, 5.41) is 0. The van der Waals surface area contributed by atoms with E-state index in [0.29, 0.717) is 15.9 Å². The first kappa shape index (κ1) is 17.5. The van der Waals surface area contributed by atoms with Crippen LogP contribution in [0.3, 0.4) is 0 Å². The van der Waals surface area contributed by atoms with Crippen molar-refractivity contribution in [2.75, 3.05) is 6.26 Å². The number of rotatable bonds is 7. The maximum absolute atomic E-state index is 12.4. The summed E-state index contributed by atoms with van der Waals surface area (Å²) in [5.74, 6) is -0.356. The largest absolute Gasteiger partial charge is 0.349 e. The molecule has 0 saturated carbocycles. The van der Waals surface area contributed by atoms with E-state index in [2.05, 4.69) is 6.92 Å². The summed E-state index contributed by atoms with van der Waals surface area (Å²) in [6.07, 6.45) is 6.13. The van der Waals surface area contributed by atoms with E-state index in [1.165, 1.54) is 6.07 Å². The van der Waals surface area contributed by atoms with Gasteiger partial charge in [-0.05, 0) is 18.6 Å². The second-order valence-corrected chi connectivity index (χ2v) is 7.52. The van der Waals surface area contributed by atoms with E-state index in [-0.39, 0.29) is 17.8 Å². The minimum Gasteiger partial charge on any atom is -0.274 e. The molecule has 0 aliphatic heterocycles. The van der Waals surface area contributed by atoms with Crippen molar-refractivity contribution in [3.63, 3.8) is 0 Å². The monoisotopic (exact) mass is 338 g/mol. The van der Waals surface area contributed by atoms with Crippen molar-refractivity contribution in [2.45, 2.75) is 45.4 Å². The third-order valence-corrected chi connectivity index (χ3v) is 4.80. The van der Waals surface area contributed by atoms with Gasteiger partial charge in [0.1, 0.15) is 0 Å². The Labute approximate surface area is 135 Å². The average molecular weight is 338 g/mol. The summed E-state index contributed by atoms with van der Waals surface area (Å²) in [6.45, 7) is 2.12. The molecule has 1 aromatic carbocycles. The molecule has 0 bridgehead atoms. The summed E-state index contributed by atoms with van der Waals surface area (Å²) in [5.41, 5.74) is -0.243. The van der Waals surface area contributed by atoms with E-state index in [9.17, 15) is 18.0 Å². The van der Waals surface area contributed by atoms with Crippen molar-refractivity contribution >= 4 is 27.0 Å². The minimum atomic E-state index is -3.77. The van der Waals surface area contributed by atoms with Gasteiger partial charge in [-0.2, -0.15) is 3.97 Å². The van der Waals surface area contributed by atoms with Crippen LogP contribution in [-0.4, -0.2) is 29.1 Å². The molecule has 23 heavy (non-hydrogen) atoms. The van der Waals surface area contributed by atoms with E-state index in [4.69, 9.17) is 0 Å². The van der Waals surface area contributed by atoms with Crippen LogP contribution in [0.25, 0.3) is 11.0 Å². The van der Waals surface area contributed by atoms with Gasteiger partial charge in [-0.25, -0.2) is 17.8 Å². The van der Waals surface area contributed by atoms with Gasteiger partial charge in [-0.15, -0.1) is 0 Å². The van der Waals surface area contributed by atoms with Gasteiger partial charge >= 0.3 is 5.69 Å². The third-order valence-electron chi connectivity index (χ3n) is 3.78. The standard InChI is InChI=1S/C16H22N2O4S/c1-3-4-5-6-7-12-15(19)17-13-10-8-9-11-14(13)18(16(17)20)23(2,21)22/h8-11H,3-7,12H2,1-2H3. The minimum absolute atomic E-state index is 0.235. The highest BCUT2D eigenvalue weighted by Crippen LogP contribution is 2.15. The molecule has 0 aliphatic carbocycles. The Hall–Kier alpha value is -1.89. The second kappa shape index (κ2) is 7.12. The normalized spacial score (nSPS) is 11.9. The predicted molar refractivity (Wildman–Crippen MR) is 90.4 cm³/mol. The summed E-state index contributed by atoms with van der Waals surface area (Å²) in [7, 11) is -3.77. The molecule has 1 heterocycles. The highest BCUT2D eigenvalue weighted by molar-refractivity contribution is 7.89. The molecule has 0 saturated heterocycles. The number of aromatic nitrogens is 2. The Morgan fingerprint density at radius 2 is 1.65 bits per heavy atom. The number of nitrogens with zero attached hydrogens (tertiary/aromatic N) is 2. The van der Waals surface area contributed by atoms with Crippen molar-refractivity contribution < 1.29 is 13.2 Å². The van der Waals surface area contributed by atoms with Crippen LogP contribution in [0.2, 0.25) is 0 Å². The molecule has 2 rings (SSSR count). The molecule has 1 aromatic heterocycles. The Morgan fingerprint density at radius 3 is 2.26 bits per heavy atom. The van der Waals surface area contributed by atoms with Gasteiger partial charge in [0.15, 0.2) is 0 Å². The first-order valence-electron chi connectivity index (χ1n) is 7.84. The van der Waals surface area contributed by atoms with Crippen LogP contribution in [0, 0.1) is 0 Å². The lowest BCUT2D eigenvalue weighted by Crippen LogP contribution is -2.32. The van der Waals surface area contributed by atoms with Crippen molar-refractivity contribution in [1.29, 1.82) is 0 Å². The zero-order valence-electron chi connectivity index (χ0n) is 13.5. The van der Waals surface area contributed by atoms with Gasteiger partial charge in [0.05, 0.1) is 17.3 Å². The van der Waals surface area contributed by atoms with Crippen molar-refractivity contribution in [1.82, 2.24) is 8.54 Å². The Balaban J connectivity index is 2.36.